The molecule has 0 bridgehead atoms. The number of imidazole rings is 1. The maximum atomic E-state index is 9.47. The predicted molar refractivity (Wildman–Crippen MR) is 71.8 cm³/mol. The van der Waals surface area contributed by atoms with Crippen LogP contribution in [0.15, 0.2) is 24.3 Å². The van der Waals surface area contributed by atoms with Crippen LogP contribution in [0.5, 0.6) is 0 Å². The van der Waals surface area contributed by atoms with Crippen LogP contribution >= 0.6 is 0 Å². The molecule has 1 aromatic heterocycles. The molecule has 0 aliphatic carbocycles. The molecule has 1 fully saturated rings. The Morgan fingerprint density at radius 3 is 3.06 bits per heavy atom. The third-order valence-corrected chi connectivity index (χ3v) is 3.58. The van der Waals surface area contributed by atoms with Gasteiger partial charge in [0.15, 0.2) is 0 Å². The average Bonchev–Trinajstić information content (AvgIpc) is 2.76. The van der Waals surface area contributed by atoms with Gasteiger partial charge in [-0.3, -0.25) is 0 Å². The second-order valence-corrected chi connectivity index (χ2v) is 4.69. The summed E-state index contributed by atoms with van der Waals surface area (Å²) in [5.74, 6) is 0.941. The van der Waals surface area contributed by atoms with Crippen molar-refractivity contribution in [1.29, 1.82) is 0 Å². The number of nitrogens with zero attached hydrogens (tertiary/aromatic N) is 3. The third kappa shape index (κ3) is 1.76. The van der Waals surface area contributed by atoms with E-state index in [2.05, 4.69) is 25.8 Å². The van der Waals surface area contributed by atoms with Gasteiger partial charge < -0.3 is 19.9 Å². The molecule has 1 saturated heterocycles. The fourth-order valence-electron chi connectivity index (χ4n) is 2.58. The minimum Gasteiger partial charge on any atom is -0.394 e. The van der Waals surface area contributed by atoms with E-state index in [9.17, 15) is 5.11 Å². The van der Waals surface area contributed by atoms with Crippen molar-refractivity contribution in [2.45, 2.75) is 6.04 Å². The normalized spacial score (nSPS) is 20.6. The number of aromatic nitrogens is 2. The fraction of sp³-hybridized carbons (Fsp3) is 0.462. The van der Waals surface area contributed by atoms with Crippen molar-refractivity contribution in [3.8, 4) is 0 Å². The summed E-state index contributed by atoms with van der Waals surface area (Å²) in [5, 5.41) is 12.8. The molecule has 3 rings (SSSR count). The molecule has 2 aromatic rings. The van der Waals surface area contributed by atoms with Crippen molar-refractivity contribution in [3.05, 3.63) is 24.3 Å². The van der Waals surface area contributed by atoms with Crippen molar-refractivity contribution in [2.24, 2.45) is 7.05 Å². The highest BCUT2D eigenvalue weighted by molar-refractivity contribution is 5.78. The Labute approximate surface area is 106 Å². The number of anilines is 1. The number of aliphatic hydroxyl groups excluding tert-OH is 1. The molecule has 5 heteroatoms. The minimum atomic E-state index is 0.106. The van der Waals surface area contributed by atoms with E-state index in [1.165, 1.54) is 0 Å². The first kappa shape index (κ1) is 11.5. The molecule has 0 saturated carbocycles. The molecule has 96 valence electrons. The maximum absolute atomic E-state index is 9.47. The summed E-state index contributed by atoms with van der Waals surface area (Å²) in [7, 11) is 2.03. The molecule has 0 radical (unpaired) electrons. The summed E-state index contributed by atoms with van der Waals surface area (Å²) in [4.78, 5) is 6.88. The van der Waals surface area contributed by atoms with E-state index in [-0.39, 0.29) is 12.6 Å². The van der Waals surface area contributed by atoms with Gasteiger partial charge in [-0.15, -0.1) is 0 Å². The van der Waals surface area contributed by atoms with Crippen LogP contribution in [0.4, 0.5) is 5.95 Å². The van der Waals surface area contributed by atoms with Gasteiger partial charge in [0.05, 0.1) is 23.7 Å². The highest BCUT2D eigenvalue weighted by atomic mass is 16.3. The molecule has 1 aliphatic heterocycles. The van der Waals surface area contributed by atoms with Gasteiger partial charge in [-0.05, 0) is 12.1 Å². The van der Waals surface area contributed by atoms with E-state index in [1.807, 2.05) is 25.2 Å². The summed E-state index contributed by atoms with van der Waals surface area (Å²) in [6.45, 7) is 2.76. The number of para-hydroxylation sites is 2. The first-order chi connectivity index (χ1) is 8.81. The van der Waals surface area contributed by atoms with Crippen molar-refractivity contribution in [2.75, 3.05) is 31.1 Å². The lowest BCUT2D eigenvalue weighted by atomic mass is 10.2. The lowest BCUT2D eigenvalue weighted by Gasteiger charge is -2.35. The van der Waals surface area contributed by atoms with E-state index in [4.69, 9.17) is 0 Å². The van der Waals surface area contributed by atoms with Crippen LogP contribution in [-0.4, -0.2) is 46.9 Å². The predicted octanol–water partition coefficient (Wildman–Crippen LogP) is 0.344. The van der Waals surface area contributed by atoms with Crippen molar-refractivity contribution >= 4 is 17.0 Å². The first-order valence-corrected chi connectivity index (χ1v) is 6.31. The Hall–Kier alpha value is -1.59. The summed E-state index contributed by atoms with van der Waals surface area (Å²) >= 11 is 0. The number of aryl methyl sites for hydroxylation is 1. The van der Waals surface area contributed by atoms with Gasteiger partial charge >= 0.3 is 0 Å². The molecule has 1 unspecified atom stereocenters. The fourth-order valence-corrected chi connectivity index (χ4v) is 2.58. The molecule has 0 amide bonds. The molecule has 2 N–H and O–H groups in total. The maximum Gasteiger partial charge on any atom is 0.206 e. The number of nitrogens with one attached hydrogen (secondary N) is 1. The van der Waals surface area contributed by atoms with E-state index >= 15 is 0 Å². The SMILES string of the molecule is Cn1c(N2CCNCC2CO)nc2ccccc21. The lowest BCUT2D eigenvalue weighted by molar-refractivity contribution is 0.245. The van der Waals surface area contributed by atoms with E-state index < -0.39 is 0 Å². The van der Waals surface area contributed by atoms with Crippen LogP contribution < -0.4 is 10.2 Å². The number of hydrogen-bond acceptors (Lipinski definition) is 4. The van der Waals surface area contributed by atoms with E-state index in [0.29, 0.717) is 0 Å². The molecule has 0 spiro atoms. The molecular weight excluding hydrogens is 228 g/mol. The van der Waals surface area contributed by atoms with Crippen LogP contribution in [0.1, 0.15) is 0 Å². The number of rotatable bonds is 2. The highest BCUT2D eigenvalue weighted by Crippen LogP contribution is 2.22. The number of piperazine rings is 1. The largest absolute Gasteiger partial charge is 0.394 e. The van der Waals surface area contributed by atoms with Gasteiger partial charge in [0.1, 0.15) is 0 Å². The van der Waals surface area contributed by atoms with Gasteiger partial charge in [-0.25, -0.2) is 4.98 Å². The summed E-state index contributed by atoms with van der Waals surface area (Å²) in [6.07, 6.45) is 0. The molecule has 2 heterocycles. The first-order valence-electron chi connectivity index (χ1n) is 6.31. The zero-order valence-electron chi connectivity index (χ0n) is 10.5. The second kappa shape index (κ2) is 4.59. The number of hydrogen-bond donors (Lipinski definition) is 2. The second-order valence-electron chi connectivity index (χ2n) is 4.69. The standard InChI is InChI=1S/C13H18N4O/c1-16-12-5-3-2-4-11(12)15-13(16)17-7-6-14-8-10(17)9-18/h2-5,10,14,18H,6-9H2,1H3. The van der Waals surface area contributed by atoms with E-state index in [0.717, 1.165) is 36.6 Å². The van der Waals surface area contributed by atoms with Crippen LogP contribution in [-0.2, 0) is 7.05 Å². The smallest absolute Gasteiger partial charge is 0.206 e. The van der Waals surface area contributed by atoms with Crippen LogP contribution in [0.2, 0.25) is 0 Å². The van der Waals surface area contributed by atoms with Gasteiger partial charge in [0.2, 0.25) is 5.95 Å². The van der Waals surface area contributed by atoms with Gasteiger partial charge in [-0.2, -0.15) is 0 Å². The number of fused-ring (bicyclic) bond motifs is 1. The molecule has 5 nitrogen and oxygen atoms in total. The molecule has 1 aliphatic rings. The summed E-state index contributed by atoms with van der Waals surface area (Å²) in [5.41, 5.74) is 2.13. The Morgan fingerprint density at radius 2 is 2.28 bits per heavy atom. The Balaban J connectivity index is 2.04. The summed E-state index contributed by atoms with van der Waals surface area (Å²) < 4.78 is 2.10. The highest BCUT2D eigenvalue weighted by Gasteiger charge is 2.25. The van der Waals surface area contributed by atoms with Gasteiger partial charge in [-0.1, -0.05) is 12.1 Å². The third-order valence-electron chi connectivity index (χ3n) is 3.58. The van der Waals surface area contributed by atoms with Gasteiger partial charge in [0.25, 0.3) is 0 Å². The van der Waals surface area contributed by atoms with Crippen molar-refractivity contribution in [3.63, 3.8) is 0 Å². The monoisotopic (exact) mass is 246 g/mol. The average molecular weight is 246 g/mol. The zero-order valence-corrected chi connectivity index (χ0v) is 10.5. The number of aliphatic hydroxyl groups is 1. The Morgan fingerprint density at radius 1 is 1.44 bits per heavy atom. The molecule has 1 aromatic carbocycles. The minimum absolute atomic E-state index is 0.106. The Bertz CT molecular complexity index is 551. The van der Waals surface area contributed by atoms with Crippen molar-refractivity contribution in [1.82, 2.24) is 14.9 Å². The lowest BCUT2D eigenvalue weighted by Crippen LogP contribution is -2.53. The van der Waals surface area contributed by atoms with Crippen LogP contribution in [0, 0.1) is 0 Å². The van der Waals surface area contributed by atoms with E-state index in [1.54, 1.807) is 0 Å². The topological polar surface area (TPSA) is 53.3 Å². The van der Waals surface area contributed by atoms with Gasteiger partial charge in [0, 0.05) is 26.7 Å². The quantitative estimate of drug-likeness (QED) is 0.802. The van der Waals surface area contributed by atoms with Crippen LogP contribution in [0.25, 0.3) is 11.0 Å². The molecule has 18 heavy (non-hydrogen) atoms. The molecular formula is C13H18N4O. The zero-order chi connectivity index (χ0) is 12.5. The van der Waals surface area contributed by atoms with Crippen molar-refractivity contribution < 1.29 is 5.11 Å². The number of benzene rings is 1. The Kier molecular flexibility index (Phi) is 2.93. The molecule has 1 atom stereocenters. The summed E-state index contributed by atoms with van der Waals surface area (Å²) in [6, 6.07) is 8.22. The van der Waals surface area contributed by atoms with Crippen LogP contribution in [0.3, 0.4) is 0 Å².